The Hall–Kier alpha value is -2.58. The highest BCUT2D eigenvalue weighted by atomic mass is 19.2. The number of rotatable bonds is 8. The van der Waals surface area contributed by atoms with Gasteiger partial charge in [-0.25, -0.2) is 17.6 Å². The zero-order valence-corrected chi connectivity index (χ0v) is 23.2. The zero-order chi connectivity index (χ0) is 27.8. The standard InChI is InChI=1S/C34H40F4O/c1-3-5-6-7-23-8-13-25(14-9-23)29-20-21-30(34(38)33(29)37)26-15-10-24(11-16-26)12-17-27-18-19-28(22-39-4-2)32(36)31(27)35/h6-7,18-21,23-26H,3-5,8-11,13-16,22H2,1-2H3/b7-6+. The Bertz CT molecular complexity index is 1190. The van der Waals surface area contributed by atoms with E-state index in [9.17, 15) is 8.78 Å². The lowest BCUT2D eigenvalue weighted by Gasteiger charge is -2.29. The molecule has 0 atom stereocenters. The van der Waals surface area contributed by atoms with Gasteiger partial charge in [-0.05, 0) is 99.7 Å². The third kappa shape index (κ3) is 7.34. The van der Waals surface area contributed by atoms with Gasteiger partial charge in [0.25, 0.3) is 0 Å². The summed E-state index contributed by atoms with van der Waals surface area (Å²) in [4.78, 5) is 0. The van der Waals surface area contributed by atoms with Gasteiger partial charge in [0, 0.05) is 18.1 Å². The Labute approximate surface area is 231 Å². The van der Waals surface area contributed by atoms with Crippen LogP contribution in [0.25, 0.3) is 0 Å². The van der Waals surface area contributed by atoms with Crippen LogP contribution < -0.4 is 0 Å². The first-order valence-corrected chi connectivity index (χ1v) is 14.6. The molecule has 210 valence electrons. The fourth-order valence-electron chi connectivity index (χ4n) is 6.03. The van der Waals surface area contributed by atoms with E-state index in [0.717, 1.165) is 38.5 Å². The maximum Gasteiger partial charge on any atom is 0.174 e. The summed E-state index contributed by atoms with van der Waals surface area (Å²) in [5.41, 5.74) is 1.18. The lowest BCUT2D eigenvalue weighted by Crippen LogP contribution is -2.16. The fourth-order valence-corrected chi connectivity index (χ4v) is 6.03. The third-order valence-electron chi connectivity index (χ3n) is 8.42. The highest BCUT2D eigenvalue weighted by molar-refractivity contribution is 5.39. The maximum atomic E-state index is 15.2. The van der Waals surface area contributed by atoms with E-state index in [1.807, 2.05) is 6.07 Å². The number of halogens is 4. The van der Waals surface area contributed by atoms with E-state index >= 15 is 8.78 Å². The van der Waals surface area contributed by atoms with E-state index in [1.54, 1.807) is 13.0 Å². The normalized spacial score (nSPS) is 23.5. The fraction of sp³-hybridized carbons (Fsp3) is 0.529. The Morgan fingerprint density at radius 3 is 1.97 bits per heavy atom. The van der Waals surface area contributed by atoms with Crippen molar-refractivity contribution in [1.82, 2.24) is 0 Å². The number of allylic oxidation sites excluding steroid dienone is 2. The molecule has 0 aliphatic heterocycles. The molecule has 0 N–H and O–H groups in total. The van der Waals surface area contributed by atoms with Gasteiger partial charge in [0.1, 0.15) is 0 Å². The SMILES string of the molecule is CCC/C=C/C1CCC(c2ccc(C3CCC(C#Cc4ccc(COCC)c(F)c4F)CC3)c(F)c2F)CC1. The second-order valence-electron chi connectivity index (χ2n) is 11.1. The lowest BCUT2D eigenvalue weighted by molar-refractivity contribution is 0.131. The van der Waals surface area contributed by atoms with E-state index in [1.165, 1.54) is 12.1 Å². The van der Waals surface area contributed by atoms with Crippen LogP contribution in [-0.2, 0) is 11.3 Å². The molecule has 2 saturated carbocycles. The molecule has 4 rings (SSSR count). The highest BCUT2D eigenvalue weighted by Crippen LogP contribution is 2.41. The summed E-state index contributed by atoms with van der Waals surface area (Å²) in [7, 11) is 0. The summed E-state index contributed by atoms with van der Waals surface area (Å²) in [6.07, 6.45) is 13.4. The molecule has 0 heterocycles. The first-order valence-electron chi connectivity index (χ1n) is 14.6. The van der Waals surface area contributed by atoms with Crippen molar-refractivity contribution in [3.8, 4) is 11.8 Å². The van der Waals surface area contributed by atoms with E-state index in [4.69, 9.17) is 4.74 Å². The van der Waals surface area contributed by atoms with Crippen molar-refractivity contribution in [3.63, 3.8) is 0 Å². The van der Waals surface area contributed by atoms with Crippen molar-refractivity contribution in [2.45, 2.75) is 96.5 Å². The predicted molar refractivity (Wildman–Crippen MR) is 148 cm³/mol. The van der Waals surface area contributed by atoms with Crippen molar-refractivity contribution in [1.29, 1.82) is 0 Å². The summed E-state index contributed by atoms with van der Waals surface area (Å²) in [6, 6.07) is 6.59. The van der Waals surface area contributed by atoms with Gasteiger partial charge in [-0.15, -0.1) is 0 Å². The number of unbranched alkanes of at least 4 members (excludes halogenated alkanes) is 1. The lowest BCUT2D eigenvalue weighted by atomic mass is 9.76. The van der Waals surface area contributed by atoms with Crippen molar-refractivity contribution >= 4 is 0 Å². The van der Waals surface area contributed by atoms with Crippen LogP contribution in [-0.4, -0.2) is 6.61 Å². The van der Waals surface area contributed by atoms with Crippen LogP contribution in [0.5, 0.6) is 0 Å². The number of benzene rings is 2. The molecular formula is C34H40F4O. The Morgan fingerprint density at radius 1 is 0.769 bits per heavy atom. The van der Waals surface area contributed by atoms with E-state index in [2.05, 4.69) is 30.9 Å². The number of hydrogen-bond acceptors (Lipinski definition) is 1. The average molecular weight is 541 g/mol. The molecule has 39 heavy (non-hydrogen) atoms. The van der Waals surface area contributed by atoms with Crippen LogP contribution in [0.1, 0.15) is 112 Å². The quantitative estimate of drug-likeness (QED) is 0.184. The minimum atomic E-state index is -0.951. The Kier molecular flexibility index (Phi) is 10.7. The molecule has 0 spiro atoms. The summed E-state index contributed by atoms with van der Waals surface area (Å²) < 4.78 is 64.4. The first kappa shape index (κ1) is 29.4. The molecule has 0 amide bonds. The molecule has 2 aliphatic carbocycles. The molecule has 0 unspecified atom stereocenters. The van der Waals surface area contributed by atoms with Crippen molar-refractivity contribution in [2.24, 2.45) is 11.8 Å². The van der Waals surface area contributed by atoms with Gasteiger partial charge in [-0.1, -0.05) is 55.5 Å². The molecule has 2 aromatic rings. The van der Waals surface area contributed by atoms with Crippen molar-refractivity contribution in [2.75, 3.05) is 6.61 Å². The molecule has 0 aromatic heterocycles. The van der Waals surface area contributed by atoms with Crippen molar-refractivity contribution in [3.05, 3.63) is 81.9 Å². The highest BCUT2D eigenvalue weighted by Gasteiger charge is 2.29. The van der Waals surface area contributed by atoms with Gasteiger partial charge < -0.3 is 4.74 Å². The van der Waals surface area contributed by atoms with E-state index in [-0.39, 0.29) is 35.5 Å². The second-order valence-corrected chi connectivity index (χ2v) is 11.1. The van der Waals surface area contributed by atoms with Crippen LogP contribution in [0, 0.1) is 46.9 Å². The molecule has 5 heteroatoms. The van der Waals surface area contributed by atoms with Crippen LogP contribution in [0.15, 0.2) is 36.4 Å². The average Bonchev–Trinajstić information content (AvgIpc) is 2.96. The summed E-state index contributed by atoms with van der Waals surface area (Å²) in [5.74, 6) is 3.22. The molecule has 1 nitrogen and oxygen atoms in total. The van der Waals surface area contributed by atoms with Crippen molar-refractivity contribution < 1.29 is 22.3 Å². The molecule has 0 saturated heterocycles. The molecule has 0 bridgehead atoms. The molecule has 0 radical (unpaired) electrons. The Balaban J connectivity index is 1.34. The first-order chi connectivity index (χ1) is 18.9. The topological polar surface area (TPSA) is 9.23 Å². The largest absolute Gasteiger partial charge is 0.377 e. The Morgan fingerprint density at radius 2 is 1.38 bits per heavy atom. The van der Waals surface area contributed by atoms with Crippen LogP contribution in [0.4, 0.5) is 17.6 Å². The second kappa shape index (κ2) is 14.2. The molecule has 2 aromatic carbocycles. The van der Waals surface area contributed by atoms with Gasteiger partial charge in [0.05, 0.1) is 12.2 Å². The predicted octanol–water partition coefficient (Wildman–Crippen LogP) is 9.74. The van der Waals surface area contributed by atoms with Gasteiger partial charge in [-0.2, -0.15) is 0 Å². The van der Waals surface area contributed by atoms with Crippen LogP contribution >= 0.6 is 0 Å². The summed E-state index contributed by atoms with van der Waals surface area (Å²) in [6.45, 7) is 4.40. The molecular weight excluding hydrogens is 500 g/mol. The van der Waals surface area contributed by atoms with E-state index in [0.29, 0.717) is 49.3 Å². The number of hydrogen-bond donors (Lipinski definition) is 0. The van der Waals surface area contributed by atoms with Gasteiger partial charge in [0.15, 0.2) is 23.3 Å². The minimum Gasteiger partial charge on any atom is -0.377 e. The monoisotopic (exact) mass is 540 g/mol. The minimum absolute atomic E-state index is 0.0144. The summed E-state index contributed by atoms with van der Waals surface area (Å²) >= 11 is 0. The number of ether oxygens (including phenoxy) is 1. The molecule has 2 aliphatic rings. The van der Waals surface area contributed by atoms with Crippen LogP contribution in [0.2, 0.25) is 0 Å². The molecule has 2 fully saturated rings. The van der Waals surface area contributed by atoms with Gasteiger partial charge in [0.2, 0.25) is 0 Å². The summed E-state index contributed by atoms with van der Waals surface area (Å²) in [5, 5.41) is 0. The van der Waals surface area contributed by atoms with Gasteiger partial charge in [-0.3, -0.25) is 0 Å². The smallest absolute Gasteiger partial charge is 0.174 e. The van der Waals surface area contributed by atoms with E-state index < -0.39 is 23.3 Å². The maximum absolute atomic E-state index is 15.2. The van der Waals surface area contributed by atoms with Crippen LogP contribution in [0.3, 0.4) is 0 Å². The third-order valence-corrected chi connectivity index (χ3v) is 8.42. The van der Waals surface area contributed by atoms with Gasteiger partial charge >= 0.3 is 0 Å². The zero-order valence-electron chi connectivity index (χ0n) is 23.2.